The minimum absolute atomic E-state index is 0.202. The van der Waals surface area contributed by atoms with Crippen LogP contribution in [0.4, 0.5) is 0 Å². The van der Waals surface area contributed by atoms with Crippen molar-refractivity contribution in [2.45, 2.75) is 46.2 Å². The molecule has 1 aliphatic rings. The molecule has 1 N–H and O–H groups in total. The molecule has 0 spiro atoms. The van der Waals surface area contributed by atoms with Crippen LogP contribution in [0.5, 0.6) is 0 Å². The summed E-state index contributed by atoms with van der Waals surface area (Å²) >= 11 is 0. The molecule has 6 heteroatoms. The molecule has 29 heavy (non-hydrogen) atoms. The first kappa shape index (κ1) is 18.1. The Labute approximate surface area is 169 Å². The van der Waals surface area contributed by atoms with E-state index in [1.165, 1.54) is 22.4 Å². The molecule has 0 unspecified atom stereocenters. The van der Waals surface area contributed by atoms with Crippen molar-refractivity contribution in [2.75, 3.05) is 0 Å². The summed E-state index contributed by atoms with van der Waals surface area (Å²) in [6.45, 7) is 7.55. The SMILES string of the molecule is Cc1ccc(-n2ncc3c2CC(C)(C)C[C@@H]3NCc2ccc3nonc3c2)cc1. The van der Waals surface area contributed by atoms with Crippen LogP contribution >= 0.6 is 0 Å². The molecule has 0 fully saturated rings. The Morgan fingerprint density at radius 2 is 1.90 bits per heavy atom. The van der Waals surface area contributed by atoms with Crippen LogP contribution in [-0.4, -0.2) is 20.1 Å². The van der Waals surface area contributed by atoms with Gasteiger partial charge in [0.05, 0.1) is 11.9 Å². The summed E-state index contributed by atoms with van der Waals surface area (Å²) < 4.78 is 6.92. The molecule has 2 aromatic carbocycles. The van der Waals surface area contributed by atoms with E-state index in [0.29, 0.717) is 0 Å². The standard InChI is InChI=1S/C23H25N5O/c1-15-4-7-17(8-5-15)28-22-12-23(2,3)11-21(18(22)14-25-28)24-13-16-6-9-19-20(10-16)27-29-26-19/h4-10,14,21,24H,11-13H2,1-3H3/t21-/m0/s1. The molecule has 0 aliphatic heterocycles. The minimum atomic E-state index is 0.202. The van der Waals surface area contributed by atoms with Gasteiger partial charge in [0.15, 0.2) is 0 Å². The van der Waals surface area contributed by atoms with Crippen molar-refractivity contribution in [3.63, 3.8) is 0 Å². The molecule has 0 saturated carbocycles. The predicted octanol–water partition coefficient (Wildman–Crippen LogP) is 4.52. The normalized spacial score (nSPS) is 18.1. The molecule has 2 aromatic heterocycles. The first-order valence-corrected chi connectivity index (χ1v) is 10.1. The maximum Gasteiger partial charge on any atom is 0.135 e. The summed E-state index contributed by atoms with van der Waals surface area (Å²) in [6, 6.07) is 14.9. The minimum Gasteiger partial charge on any atom is -0.306 e. The molecule has 1 aliphatic carbocycles. The van der Waals surface area contributed by atoms with Crippen LogP contribution in [0, 0.1) is 12.3 Å². The summed E-state index contributed by atoms with van der Waals surface area (Å²) in [5.74, 6) is 0. The summed E-state index contributed by atoms with van der Waals surface area (Å²) in [7, 11) is 0. The number of hydrogen-bond donors (Lipinski definition) is 1. The van der Waals surface area contributed by atoms with Gasteiger partial charge in [0.2, 0.25) is 0 Å². The van der Waals surface area contributed by atoms with E-state index in [1.54, 1.807) is 0 Å². The molecule has 0 radical (unpaired) electrons. The average molecular weight is 387 g/mol. The highest BCUT2D eigenvalue weighted by atomic mass is 16.6. The zero-order valence-electron chi connectivity index (χ0n) is 17.0. The van der Waals surface area contributed by atoms with Gasteiger partial charge in [-0.15, -0.1) is 0 Å². The number of fused-ring (bicyclic) bond motifs is 2. The van der Waals surface area contributed by atoms with Crippen molar-refractivity contribution in [1.82, 2.24) is 25.4 Å². The summed E-state index contributed by atoms with van der Waals surface area (Å²) in [6.07, 6.45) is 4.13. The van der Waals surface area contributed by atoms with Crippen LogP contribution in [0.2, 0.25) is 0 Å². The van der Waals surface area contributed by atoms with Crippen molar-refractivity contribution in [1.29, 1.82) is 0 Å². The number of rotatable bonds is 4. The molecule has 148 valence electrons. The second kappa shape index (κ2) is 6.81. The van der Waals surface area contributed by atoms with E-state index < -0.39 is 0 Å². The lowest BCUT2D eigenvalue weighted by molar-refractivity contribution is 0.253. The molecule has 6 nitrogen and oxygen atoms in total. The predicted molar refractivity (Wildman–Crippen MR) is 112 cm³/mol. The Bertz CT molecular complexity index is 1160. The Morgan fingerprint density at radius 3 is 2.72 bits per heavy atom. The maximum atomic E-state index is 4.81. The summed E-state index contributed by atoms with van der Waals surface area (Å²) in [5.41, 5.74) is 7.94. The first-order valence-electron chi connectivity index (χ1n) is 10.1. The number of benzene rings is 2. The lowest BCUT2D eigenvalue weighted by Gasteiger charge is -2.36. The molecule has 0 amide bonds. The van der Waals surface area contributed by atoms with Crippen LogP contribution in [0.3, 0.4) is 0 Å². The van der Waals surface area contributed by atoms with Gasteiger partial charge in [-0.05, 0) is 65.3 Å². The van der Waals surface area contributed by atoms with E-state index in [4.69, 9.17) is 9.73 Å². The second-order valence-corrected chi connectivity index (χ2v) is 8.86. The Balaban J connectivity index is 1.43. The topological polar surface area (TPSA) is 68.8 Å². The fourth-order valence-corrected chi connectivity index (χ4v) is 4.31. The highest BCUT2D eigenvalue weighted by Gasteiger charge is 2.35. The van der Waals surface area contributed by atoms with E-state index in [1.807, 2.05) is 18.3 Å². The smallest absolute Gasteiger partial charge is 0.135 e. The number of aromatic nitrogens is 4. The van der Waals surface area contributed by atoms with E-state index >= 15 is 0 Å². The fraction of sp³-hybridized carbons (Fsp3) is 0.348. The van der Waals surface area contributed by atoms with Gasteiger partial charge < -0.3 is 5.32 Å². The molecular formula is C23H25N5O. The van der Waals surface area contributed by atoms with Crippen molar-refractivity contribution < 1.29 is 4.63 Å². The van der Waals surface area contributed by atoms with Crippen LogP contribution in [0.15, 0.2) is 53.3 Å². The maximum absolute atomic E-state index is 4.81. The van der Waals surface area contributed by atoms with Gasteiger partial charge >= 0.3 is 0 Å². The fourth-order valence-electron chi connectivity index (χ4n) is 4.31. The van der Waals surface area contributed by atoms with Crippen molar-refractivity contribution in [2.24, 2.45) is 5.41 Å². The van der Waals surface area contributed by atoms with Gasteiger partial charge in [0.25, 0.3) is 0 Å². The van der Waals surface area contributed by atoms with E-state index in [0.717, 1.165) is 36.1 Å². The Kier molecular flexibility index (Phi) is 4.24. The number of nitrogens with zero attached hydrogens (tertiary/aromatic N) is 4. The third-order valence-electron chi connectivity index (χ3n) is 5.83. The van der Waals surface area contributed by atoms with Gasteiger partial charge in [0.1, 0.15) is 11.0 Å². The van der Waals surface area contributed by atoms with Crippen LogP contribution in [0.25, 0.3) is 16.7 Å². The van der Waals surface area contributed by atoms with Gasteiger partial charge in [-0.2, -0.15) is 5.10 Å². The van der Waals surface area contributed by atoms with Crippen LogP contribution < -0.4 is 5.32 Å². The van der Waals surface area contributed by atoms with Crippen molar-refractivity contribution in [3.8, 4) is 5.69 Å². The molecule has 5 rings (SSSR count). The summed E-state index contributed by atoms with van der Waals surface area (Å²) in [5, 5.41) is 16.3. The largest absolute Gasteiger partial charge is 0.306 e. The summed E-state index contributed by atoms with van der Waals surface area (Å²) in [4.78, 5) is 0. The van der Waals surface area contributed by atoms with E-state index in [9.17, 15) is 0 Å². The highest BCUT2D eigenvalue weighted by Crippen LogP contribution is 2.41. The monoisotopic (exact) mass is 387 g/mol. The van der Waals surface area contributed by atoms with Crippen LogP contribution in [-0.2, 0) is 13.0 Å². The quantitative estimate of drug-likeness (QED) is 0.558. The van der Waals surface area contributed by atoms with Crippen molar-refractivity contribution in [3.05, 3.63) is 71.0 Å². The lowest BCUT2D eigenvalue weighted by atomic mass is 9.74. The number of hydrogen-bond acceptors (Lipinski definition) is 5. The highest BCUT2D eigenvalue weighted by molar-refractivity contribution is 5.73. The average Bonchev–Trinajstić information content (AvgIpc) is 3.32. The number of aryl methyl sites for hydroxylation is 1. The number of nitrogens with one attached hydrogen (secondary N) is 1. The van der Waals surface area contributed by atoms with Gasteiger partial charge in [0, 0.05) is 23.8 Å². The molecule has 1 atom stereocenters. The van der Waals surface area contributed by atoms with Gasteiger partial charge in [-0.25, -0.2) is 9.31 Å². The van der Waals surface area contributed by atoms with E-state index in [2.05, 4.69) is 71.4 Å². The molecule has 4 aromatic rings. The second-order valence-electron chi connectivity index (χ2n) is 8.86. The van der Waals surface area contributed by atoms with Gasteiger partial charge in [-0.1, -0.05) is 37.6 Å². The zero-order valence-corrected chi connectivity index (χ0v) is 17.0. The zero-order chi connectivity index (χ0) is 20.0. The molecule has 0 saturated heterocycles. The Morgan fingerprint density at radius 1 is 1.10 bits per heavy atom. The van der Waals surface area contributed by atoms with Gasteiger partial charge in [-0.3, -0.25) is 0 Å². The third kappa shape index (κ3) is 3.44. The first-order chi connectivity index (χ1) is 14.0. The van der Waals surface area contributed by atoms with Crippen LogP contribution in [0.1, 0.15) is 48.7 Å². The molecular weight excluding hydrogens is 362 g/mol. The Hall–Kier alpha value is -2.99. The molecule has 2 heterocycles. The van der Waals surface area contributed by atoms with Crippen molar-refractivity contribution >= 4 is 11.0 Å². The van der Waals surface area contributed by atoms with E-state index in [-0.39, 0.29) is 11.5 Å². The third-order valence-corrected chi connectivity index (χ3v) is 5.83. The molecule has 0 bridgehead atoms. The lowest BCUT2D eigenvalue weighted by Crippen LogP contribution is -2.33.